The van der Waals surface area contributed by atoms with Gasteiger partial charge in [0.05, 0.1) is 5.69 Å². The van der Waals surface area contributed by atoms with E-state index in [1.165, 1.54) is 6.07 Å². The Kier molecular flexibility index (Phi) is 5.20. The molecule has 0 radical (unpaired) electrons. The number of nitrogens with zero attached hydrogens (tertiary/aromatic N) is 1. The van der Waals surface area contributed by atoms with Crippen LogP contribution in [-0.4, -0.2) is 22.6 Å². The van der Waals surface area contributed by atoms with Crippen LogP contribution in [0.1, 0.15) is 59.3 Å². The Morgan fingerprint density at radius 3 is 2.69 bits per heavy atom. The zero-order chi connectivity index (χ0) is 18.7. The molecule has 0 unspecified atom stereocenters. The van der Waals surface area contributed by atoms with Crippen molar-refractivity contribution in [3.05, 3.63) is 62.8 Å². The zero-order valence-electron chi connectivity index (χ0n) is 15.2. The molecule has 6 heteroatoms. The minimum atomic E-state index is -0.492. The Bertz CT molecular complexity index is 870. The highest BCUT2D eigenvalue weighted by Gasteiger charge is 2.35. The SMILES string of the molecule is Cc1n[nH]c(=O)c(C(=O)NCC2(c3cccc(F)c3)CCCCC2)c1C. The number of aryl methyl sites for hydroxylation is 1. The van der Waals surface area contributed by atoms with Crippen LogP contribution in [0.25, 0.3) is 0 Å². The summed E-state index contributed by atoms with van der Waals surface area (Å²) in [6.07, 6.45) is 5.01. The first kappa shape index (κ1) is 18.3. The van der Waals surface area contributed by atoms with E-state index in [1.807, 2.05) is 6.07 Å². The first-order valence-electron chi connectivity index (χ1n) is 9.03. The topological polar surface area (TPSA) is 74.8 Å². The standard InChI is InChI=1S/C20H24FN3O2/c1-13-14(2)23-24-19(26)17(13)18(25)22-12-20(9-4-3-5-10-20)15-7-6-8-16(21)11-15/h6-8,11H,3-5,9-10,12H2,1-2H3,(H,22,25)(H,24,26). The van der Waals surface area contributed by atoms with Gasteiger partial charge in [0.1, 0.15) is 11.4 Å². The van der Waals surface area contributed by atoms with Gasteiger partial charge >= 0.3 is 0 Å². The van der Waals surface area contributed by atoms with Crippen LogP contribution in [0.3, 0.4) is 0 Å². The van der Waals surface area contributed by atoms with Crippen molar-refractivity contribution in [1.29, 1.82) is 0 Å². The third-order valence-electron chi connectivity index (χ3n) is 5.53. The van der Waals surface area contributed by atoms with E-state index in [1.54, 1.807) is 26.0 Å². The van der Waals surface area contributed by atoms with Crippen LogP contribution in [0.15, 0.2) is 29.1 Å². The van der Waals surface area contributed by atoms with E-state index in [0.717, 1.165) is 37.7 Å². The number of benzene rings is 1. The van der Waals surface area contributed by atoms with Crippen molar-refractivity contribution in [3.8, 4) is 0 Å². The Labute approximate surface area is 152 Å². The maximum Gasteiger partial charge on any atom is 0.277 e. The predicted octanol–water partition coefficient (Wildman–Crippen LogP) is 3.16. The highest BCUT2D eigenvalue weighted by Crippen LogP contribution is 2.39. The van der Waals surface area contributed by atoms with Crippen LogP contribution in [0.5, 0.6) is 0 Å². The van der Waals surface area contributed by atoms with E-state index < -0.39 is 11.5 Å². The lowest BCUT2D eigenvalue weighted by molar-refractivity contribution is 0.0934. The van der Waals surface area contributed by atoms with E-state index in [0.29, 0.717) is 17.8 Å². The molecule has 2 aromatic rings. The van der Waals surface area contributed by atoms with Gasteiger partial charge < -0.3 is 5.32 Å². The lowest BCUT2D eigenvalue weighted by atomic mass is 9.69. The summed E-state index contributed by atoms with van der Waals surface area (Å²) >= 11 is 0. The van der Waals surface area contributed by atoms with Gasteiger partial charge in [0.15, 0.2) is 0 Å². The molecule has 0 atom stereocenters. The Balaban J connectivity index is 1.86. The van der Waals surface area contributed by atoms with E-state index in [-0.39, 0.29) is 16.8 Å². The van der Waals surface area contributed by atoms with E-state index in [9.17, 15) is 14.0 Å². The molecule has 26 heavy (non-hydrogen) atoms. The fourth-order valence-electron chi connectivity index (χ4n) is 3.85. The van der Waals surface area contributed by atoms with Crippen molar-refractivity contribution in [1.82, 2.24) is 15.5 Å². The van der Waals surface area contributed by atoms with Crippen molar-refractivity contribution >= 4 is 5.91 Å². The van der Waals surface area contributed by atoms with Gasteiger partial charge in [0, 0.05) is 12.0 Å². The van der Waals surface area contributed by atoms with Gasteiger partial charge in [-0.2, -0.15) is 5.10 Å². The first-order valence-corrected chi connectivity index (χ1v) is 9.03. The first-order chi connectivity index (χ1) is 12.4. The molecule has 1 aromatic heterocycles. The number of hydrogen-bond acceptors (Lipinski definition) is 3. The number of aromatic nitrogens is 2. The van der Waals surface area contributed by atoms with Crippen molar-refractivity contribution in [3.63, 3.8) is 0 Å². The summed E-state index contributed by atoms with van der Waals surface area (Å²) in [5, 5.41) is 9.17. The molecule has 0 bridgehead atoms. The van der Waals surface area contributed by atoms with Gasteiger partial charge in [-0.25, -0.2) is 9.49 Å². The second kappa shape index (κ2) is 7.40. The third-order valence-corrected chi connectivity index (χ3v) is 5.53. The minimum Gasteiger partial charge on any atom is -0.351 e. The molecule has 0 spiro atoms. The molecule has 1 amide bonds. The van der Waals surface area contributed by atoms with Gasteiger partial charge in [-0.3, -0.25) is 9.59 Å². The largest absolute Gasteiger partial charge is 0.351 e. The normalized spacial score (nSPS) is 16.3. The molecular weight excluding hydrogens is 333 g/mol. The predicted molar refractivity (Wildman–Crippen MR) is 97.8 cm³/mol. The number of carbonyl (C=O) groups excluding carboxylic acids is 1. The maximum absolute atomic E-state index is 13.8. The minimum absolute atomic E-state index is 0.0997. The van der Waals surface area contributed by atoms with Gasteiger partial charge in [0.25, 0.3) is 11.5 Å². The second-order valence-electron chi connectivity index (χ2n) is 7.17. The Morgan fingerprint density at radius 2 is 2.00 bits per heavy atom. The molecule has 2 N–H and O–H groups in total. The van der Waals surface area contributed by atoms with Gasteiger partial charge in [0.2, 0.25) is 0 Å². The molecule has 0 saturated heterocycles. The van der Waals surface area contributed by atoms with E-state index >= 15 is 0 Å². The van der Waals surface area contributed by atoms with Crippen LogP contribution in [0.2, 0.25) is 0 Å². The molecule has 1 heterocycles. The summed E-state index contributed by atoms with van der Waals surface area (Å²) in [5.41, 5.74) is 1.42. The van der Waals surface area contributed by atoms with Crippen LogP contribution < -0.4 is 10.9 Å². The highest BCUT2D eigenvalue weighted by atomic mass is 19.1. The maximum atomic E-state index is 13.8. The van der Waals surface area contributed by atoms with Crippen molar-refractivity contribution in [2.24, 2.45) is 0 Å². The summed E-state index contributed by atoms with van der Waals surface area (Å²) in [6.45, 7) is 3.85. The molecule has 1 saturated carbocycles. The van der Waals surface area contributed by atoms with Crippen LogP contribution in [0.4, 0.5) is 4.39 Å². The number of aromatic amines is 1. The van der Waals surface area contributed by atoms with Crippen LogP contribution >= 0.6 is 0 Å². The summed E-state index contributed by atoms with van der Waals surface area (Å²) < 4.78 is 13.8. The molecule has 1 aliphatic carbocycles. The molecule has 138 valence electrons. The average molecular weight is 357 g/mol. The van der Waals surface area contributed by atoms with Crippen molar-refractivity contribution in [2.75, 3.05) is 6.54 Å². The molecule has 1 aliphatic rings. The Hall–Kier alpha value is -2.50. The number of carbonyl (C=O) groups is 1. The molecule has 1 fully saturated rings. The van der Waals surface area contributed by atoms with Crippen LogP contribution in [0, 0.1) is 19.7 Å². The van der Waals surface area contributed by atoms with Crippen molar-refractivity contribution < 1.29 is 9.18 Å². The number of H-pyrrole nitrogens is 1. The molecular formula is C20H24FN3O2. The van der Waals surface area contributed by atoms with Gasteiger partial charge in [-0.1, -0.05) is 31.4 Å². The third kappa shape index (κ3) is 3.54. The molecule has 5 nitrogen and oxygen atoms in total. The van der Waals surface area contributed by atoms with Gasteiger partial charge in [-0.15, -0.1) is 0 Å². The summed E-state index contributed by atoms with van der Waals surface area (Å²) in [4.78, 5) is 24.7. The zero-order valence-corrected chi connectivity index (χ0v) is 15.2. The van der Waals surface area contributed by atoms with E-state index in [4.69, 9.17) is 0 Å². The van der Waals surface area contributed by atoms with Crippen LogP contribution in [-0.2, 0) is 5.41 Å². The number of amides is 1. The van der Waals surface area contributed by atoms with Gasteiger partial charge in [-0.05, 0) is 49.9 Å². The van der Waals surface area contributed by atoms with E-state index in [2.05, 4.69) is 15.5 Å². The lowest BCUT2D eigenvalue weighted by Gasteiger charge is -2.38. The number of hydrogen-bond donors (Lipinski definition) is 2. The summed E-state index contributed by atoms with van der Waals surface area (Å²) in [7, 11) is 0. The average Bonchev–Trinajstić information content (AvgIpc) is 2.64. The molecule has 0 aliphatic heterocycles. The Morgan fingerprint density at radius 1 is 1.27 bits per heavy atom. The number of halogens is 1. The number of nitrogens with one attached hydrogen (secondary N) is 2. The fourth-order valence-corrected chi connectivity index (χ4v) is 3.85. The fraction of sp³-hybridized carbons (Fsp3) is 0.450. The monoisotopic (exact) mass is 357 g/mol. The highest BCUT2D eigenvalue weighted by molar-refractivity contribution is 5.95. The molecule has 3 rings (SSSR count). The quantitative estimate of drug-likeness (QED) is 0.883. The lowest BCUT2D eigenvalue weighted by Crippen LogP contribution is -2.43. The van der Waals surface area contributed by atoms with Crippen molar-refractivity contribution in [2.45, 2.75) is 51.4 Å². The smallest absolute Gasteiger partial charge is 0.277 e. The summed E-state index contributed by atoms with van der Waals surface area (Å²) in [5.74, 6) is -0.675. The summed E-state index contributed by atoms with van der Waals surface area (Å²) in [6, 6.07) is 6.63. The second-order valence-corrected chi connectivity index (χ2v) is 7.17. The molecule has 1 aromatic carbocycles. The number of rotatable bonds is 4.